The van der Waals surface area contributed by atoms with Gasteiger partial charge in [-0.3, -0.25) is 4.79 Å². The minimum Gasteiger partial charge on any atom is -0.300 e. The van der Waals surface area contributed by atoms with E-state index in [0.717, 1.165) is 21.3 Å². The predicted molar refractivity (Wildman–Crippen MR) is 105 cm³/mol. The second-order valence-electron chi connectivity index (χ2n) is 5.26. The lowest BCUT2D eigenvalue weighted by Gasteiger charge is -1.97. The number of thioether (sulfide) groups is 1. The summed E-state index contributed by atoms with van der Waals surface area (Å²) < 4.78 is 0.997. The average molecular weight is 399 g/mol. The molecule has 2 aromatic rings. The van der Waals surface area contributed by atoms with Gasteiger partial charge in [0.25, 0.3) is 5.91 Å². The van der Waals surface area contributed by atoms with Gasteiger partial charge >= 0.3 is 0 Å². The SMILES string of the molecule is CC(=C/c1ccccc1)/C=C1\SC(=Nc2ccc(Br)cc2)NC1=O. The number of carbonyl (C=O) groups is 1. The summed E-state index contributed by atoms with van der Waals surface area (Å²) in [4.78, 5) is 17.2. The number of carbonyl (C=O) groups excluding carboxylic acids is 1. The molecule has 0 aromatic heterocycles. The first-order valence-corrected chi connectivity index (χ1v) is 8.99. The van der Waals surface area contributed by atoms with Gasteiger partial charge in [0.1, 0.15) is 0 Å². The van der Waals surface area contributed by atoms with Crippen molar-refractivity contribution in [2.24, 2.45) is 4.99 Å². The van der Waals surface area contributed by atoms with E-state index in [9.17, 15) is 4.79 Å². The van der Waals surface area contributed by atoms with Crippen molar-refractivity contribution in [2.75, 3.05) is 0 Å². The lowest BCUT2D eigenvalue weighted by molar-refractivity contribution is -0.115. The maximum atomic E-state index is 12.1. The Labute approximate surface area is 153 Å². The number of benzene rings is 2. The van der Waals surface area contributed by atoms with Crippen molar-refractivity contribution < 1.29 is 4.79 Å². The van der Waals surface area contributed by atoms with E-state index in [0.29, 0.717) is 10.1 Å². The molecule has 0 atom stereocenters. The zero-order chi connectivity index (χ0) is 16.9. The second kappa shape index (κ2) is 7.64. The molecule has 0 saturated carbocycles. The fraction of sp³-hybridized carbons (Fsp3) is 0.0526. The number of allylic oxidation sites excluding steroid dienone is 2. The van der Waals surface area contributed by atoms with E-state index in [1.54, 1.807) is 0 Å². The van der Waals surface area contributed by atoms with Crippen molar-refractivity contribution in [1.29, 1.82) is 0 Å². The number of rotatable bonds is 3. The molecule has 1 saturated heterocycles. The topological polar surface area (TPSA) is 41.5 Å². The smallest absolute Gasteiger partial charge is 0.264 e. The van der Waals surface area contributed by atoms with Crippen LogP contribution < -0.4 is 5.32 Å². The summed E-state index contributed by atoms with van der Waals surface area (Å²) in [7, 11) is 0. The normalized spacial score (nSPS) is 18.2. The van der Waals surface area contributed by atoms with E-state index in [1.165, 1.54) is 11.8 Å². The van der Waals surface area contributed by atoms with Crippen molar-refractivity contribution >= 4 is 50.5 Å². The van der Waals surface area contributed by atoms with Crippen LogP contribution in [0.5, 0.6) is 0 Å². The van der Waals surface area contributed by atoms with Crippen LogP contribution in [0.3, 0.4) is 0 Å². The van der Waals surface area contributed by atoms with Gasteiger partial charge in [0.2, 0.25) is 0 Å². The van der Waals surface area contributed by atoms with E-state index < -0.39 is 0 Å². The highest BCUT2D eigenvalue weighted by Gasteiger charge is 2.23. The molecule has 1 amide bonds. The van der Waals surface area contributed by atoms with Gasteiger partial charge in [-0.1, -0.05) is 52.3 Å². The molecule has 120 valence electrons. The number of amides is 1. The average Bonchev–Trinajstić information content (AvgIpc) is 2.90. The third-order valence-electron chi connectivity index (χ3n) is 3.26. The molecule has 1 aliphatic rings. The first-order valence-electron chi connectivity index (χ1n) is 7.39. The molecule has 2 aromatic carbocycles. The lowest BCUT2D eigenvalue weighted by Crippen LogP contribution is -2.19. The molecule has 1 N–H and O–H groups in total. The number of hydrogen-bond donors (Lipinski definition) is 1. The molecule has 1 heterocycles. The van der Waals surface area contributed by atoms with Crippen LogP contribution in [0.25, 0.3) is 6.08 Å². The minimum absolute atomic E-state index is 0.114. The molecular weight excluding hydrogens is 384 g/mol. The highest BCUT2D eigenvalue weighted by Crippen LogP contribution is 2.28. The van der Waals surface area contributed by atoms with Gasteiger partial charge in [-0.25, -0.2) is 4.99 Å². The van der Waals surface area contributed by atoms with E-state index in [2.05, 4.69) is 26.2 Å². The Hall–Kier alpha value is -2.11. The Balaban J connectivity index is 1.77. The molecule has 0 bridgehead atoms. The maximum Gasteiger partial charge on any atom is 0.264 e. The second-order valence-corrected chi connectivity index (χ2v) is 7.20. The molecule has 1 fully saturated rings. The van der Waals surface area contributed by atoms with Crippen LogP contribution >= 0.6 is 27.7 Å². The lowest BCUT2D eigenvalue weighted by atomic mass is 10.1. The Bertz CT molecular complexity index is 839. The molecule has 0 spiro atoms. The highest BCUT2D eigenvalue weighted by atomic mass is 79.9. The summed E-state index contributed by atoms with van der Waals surface area (Å²) in [6, 6.07) is 17.7. The summed E-state index contributed by atoms with van der Waals surface area (Å²) in [5.41, 5.74) is 2.93. The Morgan fingerprint density at radius 2 is 1.83 bits per heavy atom. The van der Waals surface area contributed by atoms with Crippen molar-refractivity contribution in [2.45, 2.75) is 6.92 Å². The molecule has 24 heavy (non-hydrogen) atoms. The zero-order valence-electron chi connectivity index (χ0n) is 13.0. The number of nitrogens with one attached hydrogen (secondary N) is 1. The molecule has 5 heteroatoms. The fourth-order valence-corrected chi connectivity index (χ4v) is 3.33. The van der Waals surface area contributed by atoms with Crippen LogP contribution in [0.4, 0.5) is 5.69 Å². The minimum atomic E-state index is -0.114. The quantitative estimate of drug-likeness (QED) is 0.713. The largest absolute Gasteiger partial charge is 0.300 e. The van der Waals surface area contributed by atoms with Gasteiger partial charge in [-0.2, -0.15) is 0 Å². The summed E-state index contributed by atoms with van der Waals surface area (Å²) in [6.45, 7) is 1.98. The van der Waals surface area contributed by atoms with Crippen LogP contribution in [0, 0.1) is 0 Å². The van der Waals surface area contributed by atoms with Crippen molar-refractivity contribution in [3.63, 3.8) is 0 Å². The van der Waals surface area contributed by atoms with Crippen LogP contribution in [0.1, 0.15) is 12.5 Å². The van der Waals surface area contributed by atoms with Gasteiger partial charge in [-0.15, -0.1) is 0 Å². The van der Waals surface area contributed by atoms with E-state index in [-0.39, 0.29) is 5.91 Å². The fourth-order valence-electron chi connectivity index (χ4n) is 2.17. The summed E-state index contributed by atoms with van der Waals surface area (Å²) in [5, 5.41) is 3.40. The number of halogens is 1. The first kappa shape index (κ1) is 16.7. The van der Waals surface area contributed by atoms with Gasteiger partial charge in [0.15, 0.2) is 5.17 Å². The van der Waals surface area contributed by atoms with Crippen molar-refractivity contribution in [3.8, 4) is 0 Å². The van der Waals surface area contributed by atoms with Gasteiger partial charge in [0, 0.05) is 4.47 Å². The summed E-state index contributed by atoms with van der Waals surface area (Å²) >= 11 is 4.75. The Morgan fingerprint density at radius 3 is 2.54 bits per heavy atom. The third kappa shape index (κ3) is 4.46. The van der Waals surface area contributed by atoms with Crippen LogP contribution in [-0.4, -0.2) is 11.1 Å². The molecule has 3 rings (SSSR count). The molecular formula is C19H15BrN2OS. The van der Waals surface area contributed by atoms with Crippen LogP contribution in [0.15, 0.2) is 80.6 Å². The highest BCUT2D eigenvalue weighted by molar-refractivity contribution is 9.10. The molecule has 0 aliphatic carbocycles. The van der Waals surface area contributed by atoms with Crippen molar-refractivity contribution in [1.82, 2.24) is 5.32 Å². The van der Waals surface area contributed by atoms with E-state index in [1.807, 2.05) is 73.7 Å². The van der Waals surface area contributed by atoms with Gasteiger partial charge in [-0.05, 0) is 60.2 Å². The van der Waals surface area contributed by atoms with E-state index in [4.69, 9.17) is 0 Å². The molecule has 3 nitrogen and oxygen atoms in total. The monoisotopic (exact) mass is 398 g/mol. The van der Waals surface area contributed by atoms with Crippen molar-refractivity contribution in [3.05, 3.63) is 81.2 Å². The van der Waals surface area contributed by atoms with Gasteiger partial charge in [0.05, 0.1) is 10.6 Å². The maximum absolute atomic E-state index is 12.1. The Morgan fingerprint density at radius 1 is 1.12 bits per heavy atom. The van der Waals surface area contributed by atoms with Crippen LogP contribution in [-0.2, 0) is 4.79 Å². The number of nitrogens with zero attached hydrogens (tertiary/aromatic N) is 1. The third-order valence-corrected chi connectivity index (χ3v) is 4.70. The number of hydrogen-bond acceptors (Lipinski definition) is 3. The summed E-state index contributed by atoms with van der Waals surface area (Å²) in [6.07, 6.45) is 3.93. The standard InChI is InChI=1S/C19H15BrN2OS/c1-13(11-14-5-3-2-4-6-14)12-17-18(23)22-19(24-17)21-16-9-7-15(20)8-10-16/h2-12H,1H3,(H,21,22,23)/b13-11-,17-12-. The van der Waals surface area contributed by atoms with Crippen LogP contribution in [0.2, 0.25) is 0 Å². The predicted octanol–water partition coefficient (Wildman–Crippen LogP) is 5.29. The van der Waals surface area contributed by atoms with Gasteiger partial charge < -0.3 is 5.32 Å². The first-order chi connectivity index (χ1) is 11.6. The zero-order valence-corrected chi connectivity index (χ0v) is 15.4. The summed E-state index contributed by atoms with van der Waals surface area (Å²) in [5.74, 6) is -0.114. The number of amidine groups is 1. The Kier molecular flexibility index (Phi) is 5.33. The molecule has 0 unspecified atom stereocenters. The molecule has 1 aliphatic heterocycles. The van der Waals surface area contributed by atoms with E-state index >= 15 is 0 Å². The number of aliphatic imine (C=N–C) groups is 1. The molecule has 0 radical (unpaired) electrons.